The lowest BCUT2D eigenvalue weighted by Gasteiger charge is -2.12. The highest BCUT2D eigenvalue weighted by atomic mass is 16.5. The molecule has 0 saturated heterocycles. The van der Waals surface area contributed by atoms with Gasteiger partial charge in [0.05, 0.1) is 12.2 Å². The highest BCUT2D eigenvalue weighted by Crippen LogP contribution is 2.15. The van der Waals surface area contributed by atoms with Crippen LogP contribution in [0.3, 0.4) is 0 Å². The summed E-state index contributed by atoms with van der Waals surface area (Å²) >= 11 is 0. The van der Waals surface area contributed by atoms with Gasteiger partial charge in [0.25, 0.3) is 0 Å². The van der Waals surface area contributed by atoms with Crippen molar-refractivity contribution in [1.29, 1.82) is 0 Å². The predicted molar refractivity (Wildman–Crippen MR) is 124 cm³/mol. The molecular formula is C24H31N5O2. The molecule has 0 spiro atoms. The molecule has 1 aromatic heterocycles. The summed E-state index contributed by atoms with van der Waals surface area (Å²) in [7, 11) is 4.02. The predicted octanol–water partition coefficient (Wildman–Crippen LogP) is 3.81. The number of aromatic nitrogens is 2. The van der Waals surface area contributed by atoms with Gasteiger partial charge in [0, 0.05) is 24.5 Å². The number of carbonyl (C=O) groups excluding carboxylic acids is 1. The number of urea groups is 1. The smallest absolute Gasteiger partial charge is 0.319 e. The zero-order valence-corrected chi connectivity index (χ0v) is 18.7. The number of benzene rings is 2. The maximum Gasteiger partial charge on any atom is 0.319 e. The Labute approximate surface area is 184 Å². The lowest BCUT2D eigenvalue weighted by molar-refractivity contribution is 0.251. The molecule has 2 aromatic carbocycles. The zero-order valence-electron chi connectivity index (χ0n) is 18.7. The molecule has 3 rings (SSSR count). The fourth-order valence-corrected chi connectivity index (χ4v) is 3.20. The first-order valence-electron chi connectivity index (χ1n) is 10.4. The zero-order chi connectivity index (χ0) is 22.2. The normalized spacial score (nSPS) is 10.9. The summed E-state index contributed by atoms with van der Waals surface area (Å²) in [6, 6.07) is 17.4. The first kappa shape index (κ1) is 22.4. The van der Waals surface area contributed by atoms with Crippen LogP contribution in [0.25, 0.3) is 0 Å². The van der Waals surface area contributed by atoms with Gasteiger partial charge in [-0.25, -0.2) is 4.79 Å². The number of rotatable bonds is 9. The molecule has 1 heterocycles. The fraction of sp³-hybridized carbons (Fsp3) is 0.333. The molecule has 0 fully saturated rings. The van der Waals surface area contributed by atoms with E-state index in [1.54, 1.807) is 0 Å². The Morgan fingerprint density at radius 2 is 1.84 bits per heavy atom. The van der Waals surface area contributed by atoms with Crippen molar-refractivity contribution in [3.63, 3.8) is 0 Å². The first-order valence-corrected chi connectivity index (χ1v) is 10.4. The van der Waals surface area contributed by atoms with Crippen molar-refractivity contribution >= 4 is 11.7 Å². The van der Waals surface area contributed by atoms with Crippen molar-refractivity contribution in [2.45, 2.75) is 26.9 Å². The molecule has 0 radical (unpaired) electrons. The minimum absolute atomic E-state index is 0.248. The Bertz CT molecular complexity index is 1010. The second-order valence-electron chi connectivity index (χ2n) is 7.89. The van der Waals surface area contributed by atoms with E-state index in [2.05, 4.69) is 26.7 Å². The molecule has 7 heteroatoms. The summed E-state index contributed by atoms with van der Waals surface area (Å²) in [5, 5.41) is 10.3. The molecular weight excluding hydrogens is 390 g/mol. The fourth-order valence-electron chi connectivity index (χ4n) is 3.20. The Morgan fingerprint density at radius 1 is 1.06 bits per heavy atom. The van der Waals surface area contributed by atoms with Crippen LogP contribution >= 0.6 is 0 Å². The summed E-state index contributed by atoms with van der Waals surface area (Å²) < 4.78 is 7.72. The lowest BCUT2D eigenvalue weighted by atomic mass is 10.2. The van der Waals surface area contributed by atoms with Crippen molar-refractivity contribution in [3.05, 3.63) is 77.1 Å². The standard InChI is InChI=1S/C24H31N5O2/c1-18-13-19(2)29(27-18)17-21-8-5-9-22(14-21)26-24(30)25-16-20-7-6-10-23(15-20)31-12-11-28(3)4/h5-10,13-15H,11-12,16-17H2,1-4H3,(H2,25,26,30). The average molecular weight is 422 g/mol. The summed E-state index contributed by atoms with van der Waals surface area (Å²) in [6.45, 7) is 6.58. The molecule has 0 aliphatic heterocycles. The van der Waals surface area contributed by atoms with Crippen LogP contribution in [0, 0.1) is 13.8 Å². The Hall–Kier alpha value is -3.32. The van der Waals surface area contributed by atoms with Crippen molar-refractivity contribution in [2.75, 3.05) is 32.6 Å². The molecule has 2 N–H and O–H groups in total. The van der Waals surface area contributed by atoms with Crippen LogP contribution in [0.2, 0.25) is 0 Å². The first-order chi connectivity index (χ1) is 14.9. The minimum atomic E-state index is -0.248. The van der Waals surface area contributed by atoms with E-state index in [9.17, 15) is 4.79 Å². The van der Waals surface area contributed by atoms with E-state index < -0.39 is 0 Å². The number of likely N-dealkylation sites (N-methyl/N-ethyl adjacent to an activating group) is 1. The van der Waals surface area contributed by atoms with E-state index in [4.69, 9.17) is 4.74 Å². The molecule has 31 heavy (non-hydrogen) atoms. The highest BCUT2D eigenvalue weighted by Gasteiger charge is 2.06. The molecule has 0 aliphatic rings. The van der Waals surface area contributed by atoms with E-state index in [1.807, 2.05) is 81.2 Å². The topological polar surface area (TPSA) is 71.4 Å². The Kier molecular flexibility index (Phi) is 7.67. The Morgan fingerprint density at radius 3 is 2.58 bits per heavy atom. The van der Waals surface area contributed by atoms with Crippen molar-refractivity contribution in [1.82, 2.24) is 20.0 Å². The van der Waals surface area contributed by atoms with Crippen LogP contribution in [0.4, 0.5) is 10.5 Å². The third-order valence-electron chi connectivity index (χ3n) is 4.78. The molecule has 0 atom stereocenters. The number of nitrogens with one attached hydrogen (secondary N) is 2. The molecule has 0 saturated carbocycles. The van der Waals surface area contributed by atoms with Crippen molar-refractivity contribution in [3.8, 4) is 5.75 Å². The van der Waals surface area contributed by atoms with Gasteiger partial charge >= 0.3 is 6.03 Å². The summed E-state index contributed by atoms with van der Waals surface area (Å²) in [6.07, 6.45) is 0. The van der Waals surface area contributed by atoms with Gasteiger partial charge in [0.15, 0.2) is 0 Å². The molecule has 0 unspecified atom stereocenters. The molecule has 3 aromatic rings. The van der Waals surface area contributed by atoms with Gasteiger partial charge in [-0.3, -0.25) is 4.68 Å². The summed E-state index contributed by atoms with van der Waals surface area (Å²) in [5.41, 5.74) is 4.92. The van der Waals surface area contributed by atoms with E-state index >= 15 is 0 Å². The van der Waals surface area contributed by atoms with Gasteiger partial charge < -0.3 is 20.3 Å². The SMILES string of the molecule is Cc1cc(C)n(Cc2cccc(NC(=O)NCc3cccc(OCCN(C)C)c3)c2)n1. The summed E-state index contributed by atoms with van der Waals surface area (Å²) in [5.74, 6) is 0.804. The number of hydrogen-bond donors (Lipinski definition) is 2. The number of aryl methyl sites for hydroxylation is 2. The van der Waals surface area contributed by atoms with Crippen LogP contribution in [0.15, 0.2) is 54.6 Å². The van der Waals surface area contributed by atoms with E-state index in [0.29, 0.717) is 19.7 Å². The molecule has 2 amide bonds. The second-order valence-corrected chi connectivity index (χ2v) is 7.89. The molecule has 0 aliphatic carbocycles. The highest BCUT2D eigenvalue weighted by molar-refractivity contribution is 5.89. The van der Waals surface area contributed by atoms with Crippen molar-refractivity contribution in [2.24, 2.45) is 0 Å². The van der Waals surface area contributed by atoms with Gasteiger partial charge in [-0.1, -0.05) is 24.3 Å². The van der Waals surface area contributed by atoms with Gasteiger partial charge in [0.1, 0.15) is 12.4 Å². The lowest BCUT2D eigenvalue weighted by Crippen LogP contribution is -2.28. The second kappa shape index (κ2) is 10.6. The van der Waals surface area contributed by atoms with Crippen LogP contribution in [0.5, 0.6) is 5.75 Å². The van der Waals surface area contributed by atoms with Crippen molar-refractivity contribution < 1.29 is 9.53 Å². The Balaban J connectivity index is 1.51. The third-order valence-corrected chi connectivity index (χ3v) is 4.78. The van der Waals surface area contributed by atoms with Gasteiger partial charge in [-0.05, 0) is 69.4 Å². The number of amides is 2. The van der Waals surface area contributed by atoms with E-state index in [1.165, 1.54) is 0 Å². The van der Waals surface area contributed by atoms with Crippen LogP contribution in [0.1, 0.15) is 22.5 Å². The molecule has 7 nitrogen and oxygen atoms in total. The van der Waals surface area contributed by atoms with Crippen LogP contribution in [-0.4, -0.2) is 48.0 Å². The monoisotopic (exact) mass is 421 g/mol. The number of anilines is 1. The van der Waals surface area contributed by atoms with Gasteiger partial charge in [-0.15, -0.1) is 0 Å². The maximum absolute atomic E-state index is 12.4. The number of nitrogens with zero attached hydrogens (tertiary/aromatic N) is 3. The summed E-state index contributed by atoms with van der Waals surface area (Å²) in [4.78, 5) is 14.4. The number of ether oxygens (including phenoxy) is 1. The minimum Gasteiger partial charge on any atom is -0.492 e. The van der Waals surface area contributed by atoms with Gasteiger partial charge in [0.2, 0.25) is 0 Å². The maximum atomic E-state index is 12.4. The van der Waals surface area contributed by atoms with Crippen LogP contribution in [-0.2, 0) is 13.1 Å². The molecule has 0 bridgehead atoms. The van der Waals surface area contributed by atoms with E-state index in [-0.39, 0.29) is 6.03 Å². The van der Waals surface area contributed by atoms with Gasteiger partial charge in [-0.2, -0.15) is 5.10 Å². The third kappa shape index (κ3) is 7.15. The number of carbonyl (C=O) groups is 1. The van der Waals surface area contributed by atoms with Crippen LogP contribution < -0.4 is 15.4 Å². The largest absolute Gasteiger partial charge is 0.492 e. The average Bonchev–Trinajstić information content (AvgIpc) is 3.03. The quantitative estimate of drug-likeness (QED) is 0.551. The number of hydrogen-bond acceptors (Lipinski definition) is 4. The van der Waals surface area contributed by atoms with E-state index in [0.717, 1.165) is 40.5 Å². The molecule has 164 valence electrons.